The summed E-state index contributed by atoms with van der Waals surface area (Å²) in [6.07, 6.45) is 1.15. The van der Waals surface area contributed by atoms with Crippen LogP contribution in [0.15, 0.2) is 48.5 Å². The molecule has 0 amide bonds. The predicted octanol–water partition coefficient (Wildman–Crippen LogP) is 3.53. The van der Waals surface area contributed by atoms with Crippen LogP contribution in [0.1, 0.15) is 18.1 Å². The zero-order chi connectivity index (χ0) is 14.6. The molecule has 0 saturated carbocycles. The zero-order valence-electron chi connectivity index (χ0n) is 11.6. The van der Waals surface area contributed by atoms with E-state index in [9.17, 15) is 9.18 Å². The van der Waals surface area contributed by atoms with Crippen LogP contribution < -0.4 is 4.74 Å². The van der Waals surface area contributed by atoms with Crippen molar-refractivity contribution in [2.24, 2.45) is 0 Å². The number of hydrogen-bond acceptors (Lipinski definition) is 2. The minimum atomic E-state index is -0.825. The second kappa shape index (κ2) is 5.87. The summed E-state index contributed by atoms with van der Waals surface area (Å²) in [5, 5.41) is 0. The van der Waals surface area contributed by atoms with Crippen LogP contribution in [-0.2, 0) is 16.6 Å². The van der Waals surface area contributed by atoms with Crippen molar-refractivity contribution in [2.75, 3.05) is 7.11 Å². The molecular formula is C17H17FO2. The minimum Gasteiger partial charge on any atom is -0.496 e. The molecule has 0 saturated heterocycles. The summed E-state index contributed by atoms with van der Waals surface area (Å²) in [6.45, 7) is 1.80. The second-order valence-electron chi connectivity index (χ2n) is 5.00. The van der Waals surface area contributed by atoms with Gasteiger partial charge in [-0.2, -0.15) is 0 Å². The number of carbonyl (C=O) groups is 1. The van der Waals surface area contributed by atoms with Gasteiger partial charge in [-0.05, 0) is 31.0 Å². The number of rotatable bonds is 5. The van der Waals surface area contributed by atoms with E-state index in [4.69, 9.17) is 4.74 Å². The average Bonchev–Trinajstić information content (AvgIpc) is 2.49. The number of aldehydes is 1. The SMILES string of the molecule is COc1ccccc1C(C)(C=O)Cc1ccccc1F. The first-order chi connectivity index (χ1) is 9.60. The van der Waals surface area contributed by atoms with E-state index in [0.29, 0.717) is 17.7 Å². The molecule has 0 fully saturated rings. The Morgan fingerprint density at radius 2 is 1.80 bits per heavy atom. The molecule has 0 N–H and O–H groups in total. The van der Waals surface area contributed by atoms with Crippen molar-refractivity contribution in [3.05, 3.63) is 65.5 Å². The molecule has 2 rings (SSSR count). The molecule has 2 aromatic carbocycles. The smallest absolute Gasteiger partial charge is 0.130 e. The number of para-hydroxylation sites is 1. The van der Waals surface area contributed by atoms with E-state index < -0.39 is 5.41 Å². The van der Waals surface area contributed by atoms with Gasteiger partial charge in [0, 0.05) is 5.56 Å². The van der Waals surface area contributed by atoms with Crippen molar-refractivity contribution >= 4 is 6.29 Å². The lowest BCUT2D eigenvalue weighted by molar-refractivity contribution is -0.112. The number of benzene rings is 2. The van der Waals surface area contributed by atoms with E-state index in [2.05, 4.69) is 0 Å². The molecular weight excluding hydrogens is 255 g/mol. The molecule has 2 nitrogen and oxygen atoms in total. The van der Waals surface area contributed by atoms with Crippen molar-refractivity contribution in [1.82, 2.24) is 0 Å². The third kappa shape index (κ3) is 2.72. The molecule has 0 heterocycles. The van der Waals surface area contributed by atoms with Gasteiger partial charge in [-0.1, -0.05) is 36.4 Å². The molecule has 0 spiro atoms. The van der Waals surface area contributed by atoms with E-state index in [0.717, 1.165) is 11.8 Å². The van der Waals surface area contributed by atoms with Gasteiger partial charge in [-0.3, -0.25) is 0 Å². The van der Waals surface area contributed by atoms with Crippen LogP contribution >= 0.6 is 0 Å². The third-order valence-electron chi connectivity index (χ3n) is 3.50. The molecule has 1 unspecified atom stereocenters. The lowest BCUT2D eigenvalue weighted by atomic mass is 9.78. The van der Waals surface area contributed by atoms with Crippen LogP contribution in [0, 0.1) is 5.82 Å². The van der Waals surface area contributed by atoms with Gasteiger partial charge in [0.15, 0.2) is 0 Å². The van der Waals surface area contributed by atoms with Gasteiger partial charge in [0.05, 0.1) is 12.5 Å². The molecule has 3 heteroatoms. The maximum atomic E-state index is 13.8. The molecule has 0 bridgehead atoms. The Morgan fingerprint density at radius 1 is 1.15 bits per heavy atom. The van der Waals surface area contributed by atoms with Crippen molar-refractivity contribution in [1.29, 1.82) is 0 Å². The Morgan fingerprint density at radius 3 is 2.45 bits per heavy atom. The van der Waals surface area contributed by atoms with Gasteiger partial charge >= 0.3 is 0 Å². The van der Waals surface area contributed by atoms with Gasteiger partial charge in [0.2, 0.25) is 0 Å². The molecule has 0 radical (unpaired) electrons. The summed E-state index contributed by atoms with van der Waals surface area (Å²) in [6, 6.07) is 13.9. The summed E-state index contributed by atoms with van der Waals surface area (Å²) in [5.41, 5.74) is 0.461. The fourth-order valence-corrected chi connectivity index (χ4v) is 2.35. The number of halogens is 1. The summed E-state index contributed by atoms with van der Waals surface area (Å²) >= 11 is 0. The highest BCUT2D eigenvalue weighted by atomic mass is 19.1. The summed E-state index contributed by atoms with van der Waals surface area (Å²) in [4.78, 5) is 11.6. The Bertz CT molecular complexity index is 609. The Balaban J connectivity index is 2.44. The second-order valence-corrected chi connectivity index (χ2v) is 5.00. The first-order valence-corrected chi connectivity index (χ1v) is 6.44. The fourth-order valence-electron chi connectivity index (χ4n) is 2.35. The molecule has 2 aromatic rings. The highest BCUT2D eigenvalue weighted by Gasteiger charge is 2.30. The predicted molar refractivity (Wildman–Crippen MR) is 76.5 cm³/mol. The van der Waals surface area contributed by atoms with Crippen LogP contribution in [0.5, 0.6) is 5.75 Å². The van der Waals surface area contributed by atoms with Gasteiger partial charge in [-0.25, -0.2) is 4.39 Å². The van der Waals surface area contributed by atoms with Gasteiger partial charge in [0.1, 0.15) is 17.9 Å². The number of carbonyl (C=O) groups excluding carboxylic acids is 1. The zero-order valence-corrected chi connectivity index (χ0v) is 11.6. The Hall–Kier alpha value is -2.16. The first-order valence-electron chi connectivity index (χ1n) is 6.44. The highest BCUT2D eigenvalue weighted by Crippen LogP contribution is 2.33. The third-order valence-corrected chi connectivity index (χ3v) is 3.50. The van der Waals surface area contributed by atoms with Crippen LogP contribution in [0.2, 0.25) is 0 Å². The summed E-state index contributed by atoms with van der Waals surface area (Å²) in [5.74, 6) is 0.342. The van der Waals surface area contributed by atoms with E-state index in [1.54, 1.807) is 38.3 Å². The summed E-state index contributed by atoms with van der Waals surface area (Å²) in [7, 11) is 1.56. The molecule has 0 aromatic heterocycles. The first kappa shape index (κ1) is 14.3. The van der Waals surface area contributed by atoms with Crippen molar-refractivity contribution in [3.8, 4) is 5.75 Å². The van der Waals surface area contributed by atoms with Crippen LogP contribution in [0.25, 0.3) is 0 Å². The maximum absolute atomic E-state index is 13.8. The van der Waals surface area contributed by atoms with Crippen molar-refractivity contribution in [2.45, 2.75) is 18.8 Å². The van der Waals surface area contributed by atoms with E-state index in [1.807, 2.05) is 18.2 Å². The molecule has 0 aliphatic rings. The van der Waals surface area contributed by atoms with Crippen molar-refractivity contribution in [3.63, 3.8) is 0 Å². The number of hydrogen-bond donors (Lipinski definition) is 0. The Kier molecular flexibility index (Phi) is 4.18. The molecule has 0 aliphatic heterocycles. The number of ether oxygens (including phenoxy) is 1. The Labute approximate surface area is 118 Å². The van der Waals surface area contributed by atoms with E-state index in [-0.39, 0.29) is 5.82 Å². The monoisotopic (exact) mass is 272 g/mol. The average molecular weight is 272 g/mol. The van der Waals surface area contributed by atoms with E-state index in [1.165, 1.54) is 6.07 Å². The fraction of sp³-hybridized carbons (Fsp3) is 0.235. The normalized spacial score (nSPS) is 13.6. The van der Waals surface area contributed by atoms with Crippen LogP contribution in [-0.4, -0.2) is 13.4 Å². The van der Waals surface area contributed by atoms with Gasteiger partial charge in [0.25, 0.3) is 0 Å². The standard InChI is InChI=1S/C17H17FO2/c1-17(12-19,11-13-7-3-5-9-15(13)18)14-8-4-6-10-16(14)20-2/h3-10,12H,11H2,1-2H3. The largest absolute Gasteiger partial charge is 0.496 e. The topological polar surface area (TPSA) is 26.3 Å². The maximum Gasteiger partial charge on any atom is 0.130 e. The summed E-state index contributed by atoms with van der Waals surface area (Å²) < 4.78 is 19.1. The quantitative estimate of drug-likeness (QED) is 0.778. The molecule has 0 aliphatic carbocycles. The van der Waals surface area contributed by atoms with Gasteiger partial charge < -0.3 is 9.53 Å². The van der Waals surface area contributed by atoms with Crippen LogP contribution in [0.3, 0.4) is 0 Å². The highest BCUT2D eigenvalue weighted by molar-refractivity contribution is 5.70. The molecule has 20 heavy (non-hydrogen) atoms. The van der Waals surface area contributed by atoms with Crippen LogP contribution in [0.4, 0.5) is 4.39 Å². The molecule has 104 valence electrons. The minimum absolute atomic E-state index is 0.295. The number of methoxy groups -OCH3 is 1. The molecule has 1 atom stereocenters. The van der Waals surface area contributed by atoms with E-state index >= 15 is 0 Å². The lowest BCUT2D eigenvalue weighted by Gasteiger charge is -2.26. The van der Waals surface area contributed by atoms with Crippen molar-refractivity contribution < 1.29 is 13.9 Å². The lowest BCUT2D eigenvalue weighted by Crippen LogP contribution is -2.28. The van der Waals surface area contributed by atoms with Gasteiger partial charge in [-0.15, -0.1) is 0 Å².